The van der Waals surface area contributed by atoms with E-state index in [0.29, 0.717) is 12.0 Å². The number of carbonyl (C=O) groups is 1. The highest BCUT2D eigenvalue weighted by atomic mass is 32.1. The molecular weight excluding hydrogens is 284 g/mol. The standard InChI is InChI=1S/C16H26N2O2S/c1-12(17-14-7-9-21-11-14)13-6-5-8-18(10-13)15(19)20-16(2,3)4/h7,9,11-13,17H,5-6,8,10H2,1-4H3. The van der Waals surface area contributed by atoms with Crippen molar-refractivity contribution in [2.75, 3.05) is 18.4 Å². The molecule has 2 heterocycles. The molecule has 2 unspecified atom stereocenters. The number of nitrogens with one attached hydrogen (secondary N) is 1. The average Bonchev–Trinajstić information content (AvgIpc) is 2.90. The first kappa shape index (κ1) is 16.1. The van der Waals surface area contributed by atoms with Crippen LogP contribution in [0.1, 0.15) is 40.5 Å². The van der Waals surface area contributed by atoms with Crippen molar-refractivity contribution in [3.8, 4) is 0 Å². The summed E-state index contributed by atoms with van der Waals surface area (Å²) in [5.41, 5.74) is 0.742. The van der Waals surface area contributed by atoms with E-state index in [0.717, 1.165) is 25.9 Å². The van der Waals surface area contributed by atoms with E-state index < -0.39 is 5.60 Å². The summed E-state index contributed by atoms with van der Waals surface area (Å²) in [5.74, 6) is 0.464. The Hall–Kier alpha value is -1.23. The van der Waals surface area contributed by atoms with Crippen molar-refractivity contribution in [1.82, 2.24) is 4.90 Å². The second-order valence-corrected chi connectivity index (χ2v) is 7.55. The maximum absolute atomic E-state index is 12.2. The quantitative estimate of drug-likeness (QED) is 0.910. The van der Waals surface area contributed by atoms with E-state index >= 15 is 0 Å². The molecule has 2 rings (SSSR count). The molecule has 1 amide bonds. The van der Waals surface area contributed by atoms with Gasteiger partial charge in [-0.15, -0.1) is 0 Å². The number of likely N-dealkylation sites (tertiary alicyclic amines) is 1. The lowest BCUT2D eigenvalue weighted by Gasteiger charge is -2.36. The predicted octanol–water partition coefficient (Wildman–Crippen LogP) is 4.20. The van der Waals surface area contributed by atoms with Gasteiger partial charge in [0.2, 0.25) is 0 Å². The van der Waals surface area contributed by atoms with Crippen LogP contribution in [-0.2, 0) is 4.74 Å². The summed E-state index contributed by atoms with van der Waals surface area (Å²) in [6, 6.07) is 2.44. The van der Waals surface area contributed by atoms with Crippen molar-refractivity contribution in [1.29, 1.82) is 0 Å². The second kappa shape index (κ2) is 6.69. The normalized spacial score (nSPS) is 21.0. The number of amides is 1. The van der Waals surface area contributed by atoms with Gasteiger partial charge < -0.3 is 15.0 Å². The molecule has 1 aliphatic rings. The maximum atomic E-state index is 12.2. The Balaban J connectivity index is 1.89. The van der Waals surface area contributed by atoms with Crippen molar-refractivity contribution >= 4 is 23.1 Å². The zero-order valence-electron chi connectivity index (χ0n) is 13.4. The highest BCUT2D eigenvalue weighted by Crippen LogP contribution is 2.24. The van der Waals surface area contributed by atoms with Crippen LogP contribution in [0, 0.1) is 5.92 Å². The molecule has 1 aromatic heterocycles. The second-order valence-electron chi connectivity index (χ2n) is 6.77. The molecule has 21 heavy (non-hydrogen) atoms. The number of piperidine rings is 1. The van der Waals surface area contributed by atoms with Crippen molar-refractivity contribution in [3.63, 3.8) is 0 Å². The van der Waals surface area contributed by atoms with E-state index in [1.54, 1.807) is 11.3 Å². The molecule has 0 bridgehead atoms. The number of nitrogens with zero attached hydrogens (tertiary/aromatic N) is 1. The summed E-state index contributed by atoms with van der Waals surface area (Å²) in [5, 5.41) is 7.72. The lowest BCUT2D eigenvalue weighted by Crippen LogP contribution is -2.46. The Morgan fingerprint density at radius 1 is 1.52 bits per heavy atom. The number of anilines is 1. The lowest BCUT2D eigenvalue weighted by atomic mass is 9.91. The van der Waals surface area contributed by atoms with Gasteiger partial charge in [-0.1, -0.05) is 0 Å². The minimum Gasteiger partial charge on any atom is -0.444 e. The van der Waals surface area contributed by atoms with Crippen LogP contribution in [-0.4, -0.2) is 35.7 Å². The van der Waals surface area contributed by atoms with Crippen LogP contribution in [0.2, 0.25) is 0 Å². The Kier molecular flexibility index (Phi) is 5.14. The third-order valence-electron chi connectivity index (χ3n) is 3.73. The minimum atomic E-state index is -0.426. The first-order valence-corrected chi connectivity index (χ1v) is 8.56. The van der Waals surface area contributed by atoms with Crippen molar-refractivity contribution in [2.45, 2.75) is 52.2 Å². The van der Waals surface area contributed by atoms with Crippen LogP contribution in [0.3, 0.4) is 0 Å². The van der Waals surface area contributed by atoms with Crippen molar-refractivity contribution in [2.24, 2.45) is 5.92 Å². The van der Waals surface area contributed by atoms with E-state index in [1.165, 1.54) is 5.69 Å². The van der Waals surface area contributed by atoms with Crippen LogP contribution in [0.5, 0.6) is 0 Å². The zero-order chi connectivity index (χ0) is 15.5. The van der Waals surface area contributed by atoms with E-state index in [-0.39, 0.29) is 6.09 Å². The molecule has 0 radical (unpaired) electrons. The van der Waals surface area contributed by atoms with Gasteiger partial charge in [0.05, 0.1) is 0 Å². The molecule has 0 saturated carbocycles. The highest BCUT2D eigenvalue weighted by molar-refractivity contribution is 7.08. The summed E-state index contributed by atoms with van der Waals surface area (Å²) in [7, 11) is 0. The molecular formula is C16H26N2O2S. The first-order valence-electron chi connectivity index (χ1n) is 7.62. The van der Waals surface area contributed by atoms with E-state index in [2.05, 4.69) is 29.1 Å². The Morgan fingerprint density at radius 2 is 2.29 bits per heavy atom. The van der Waals surface area contributed by atoms with Gasteiger partial charge in [0.1, 0.15) is 5.60 Å². The zero-order valence-corrected chi connectivity index (χ0v) is 14.2. The number of thiophene rings is 1. The van der Waals surface area contributed by atoms with Gasteiger partial charge in [-0.05, 0) is 57.9 Å². The van der Waals surface area contributed by atoms with Crippen LogP contribution in [0.25, 0.3) is 0 Å². The number of rotatable bonds is 3. The van der Waals surface area contributed by atoms with Crippen molar-refractivity contribution < 1.29 is 9.53 Å². The minimum absolute atomic E-state index is 0.185. The molecule has 1 N–H and O–H groups in total. The van der Waals surface area contributed by atoms with E-state index in [1.807, 2.05) is 25.7 Å². The topological polar surface area (TPSA) is 41.6 Å². The molecule has 4 nitrogen and oxygen atoms in total. The fourth-order valence-corrected chi connectivity index (χ4v) is 3.23. The summed E-state index contributed by atoms with van der Waals surface area (Å²) in [6.45, 7) is 9.50. The Bertz CT molecular complexity index is 453. The van der Waals surface area contributed by atoms with Gasteiger partial charge in [-0.3, -0.25) is 0 Å². The van der Waals surface area contributed by atoms with Crippen LogP contribution in [0.15, 0.2) is 16.8 Å². The third-order valence-corrected chi connectivity index (χ3v) is 4.42. The molecule has 2 atom stereocenters. The summed E-state index contributed by atoms with van der Waals surface area (Å²) >= 11 is 1.69. The Morgan fingerprint density at radius 3 is 2.90 bits per heavy atom. The highest BCUT2D eigenvalue weighted by Gasteiger charge is 2.30. The third kappa shape index (κ3) is 4.92. The fourth-order valence-electron chi connectivity index (χ4n) is 2.64. The lowest BCUT2D eigenvalue weighted by molar-refractivity contribution is 0.0159. The van der Waals surface area contributed by atoms with E-state index in [9.17, 15) is 4.79 Å². The molecule has 0 spiro atoms. The van der Waals surface area contributed by atoms with Crippen LogP contribution >= 0.6 is 11.3 Å². The molecule has 0 aliphatic carbocycles. The summed E-state index contributed by atoms with van der Waals surface area (Å²) in [6.07, 6.45) is 2.01. The van der Waals surface area contributed by atoms with Gasteiger partial charge in [0.15, 0.2) is 0 Å². The molecule has 1 aromatic rings. The molecule has 1 saturated heterocycles. The van der Waals surface area contributed by atoms with Crippen LogP contribution < -0.4 is 5.32 Å². The maximum Gasteiger partial charge on any atom is 0.410 e. The SMILES string of the molecule is CC(Nc1ccsc1)C1CCCN(C(=O)OC(C)(C)C)C1. The summed E-state index contributed by atoms with van der Waals surface area (Å²) in [4.78, 5) is 14.0. The van der Waals surface area contributed by atoms with Gasteiger partial charge in [-0.2, -0.15) is 11.3 Å². The van der Waals surface area contributed by atoms with Gasteiger partial charge in [0.25, 0.3) is 0 Å². The molecule has 0 aromatic carbocycles. The van der Waals surface area contributed by atoms with Gasteiger partial charge >= 0.3 is 6.09 Å². The predicted molar refractivity (Wildman–Crippen MR) is 87.9 cm³/mol. The smallest absolute Gasteiger partial charge is 0.410 e. The van der Waals surface area contributed by atoms with Crippen LogP contribution in [0.4, 0.5) is 10.5 Å². The number of hydrogen-bond acceptors (Lipinski definition) is 4. The molecule has 118 valence electrons. The number of carbonyl (C=O) groups excluding carboxylic acids is 1. The Labute approximate surface area is 131 Å². The molecule has 5 heteroatoms. The molecule has 1 fully saturated rings. The van der Waals surface area contributed by atoms with Gasteiger partial charge in [0, 0.05) is 30.2 Å². The fraction of sp³-hybridized carbons (Fsp3) is 0.688. The van der Waals surface area contributed by atoms with Crippen molar-refractivity contribution in [3.05, 3.63) is 16.8 Å². The first-order chi connectivity index (χ1) is 9.85. The van der Waals surface area contributed by atoms with E-state index in [4.69, 9.17) is 4.74 Å². The molecule has 1 aliphatic heterocycles. The number of hydrogen-bond donors (Lipinski definition) is 1. The summed E-state index contributed by atoms with van der Waals surface area (Å²) < 4.78 is 5.48. The average molecular weight is 310 g/mol. The monoisotopic (exact) mass is 310 g/mol. The van der Waals surface area contributed by atoms with Gasteiger partial charge in [-0.25, -0.2) is 4.79 Å². The largest absolute Gasteiger partial charge is 0.444 e. The number of ether oxygens (including phenoxy) is 1.